The molecule has 0 bridgehead atoms. The highest BCUT2D eigenvalue weighted by molar-refractivity contribution is 4.81. The molecule has 2 N–H and O–H groups in total. The predicted molar refractivity (Wildman–Crippen MR) is 74.0 cm³/mol. The first-order chi connectivity index (χ1) is 8.15. The molecule has 17 heavy (non-hydrogen) atoms. The summed E-state index contributed by atoms with van der Waals surface area (Å²) in [7, 11) is 0. The van der Waals surface area contributed by atoms with Gasteiger partial charge in [-0.2, -0.15) is 0 Å². The molecule has 1 aliphatic heterocycles. The fraction of sp³-hybridized carbons (Fsp3) is 1.00. The van der Waals surface area contributed by atoms with Crippen LogP contribution in [0, 0.1) is 11.8 Å². The predicted octanol–water partition coefficient (Wildman–Crippen LogP) is 3.01. The van der Waals surface area contributed by atoms with E-state index in [0.717, 1.165) is 11.8 Å². The Balaban J connectivity index is 1.67. The summed E-state index contributed by atoms with van der Waals surface area (Å²) in [4.78, 5) is 2.67. The fourth-order valence-electron chi connectivity index (χ4n) is 3.56. The van der Waals surface area contributed by atoms with Crippen LogP contribution < -0.4 is 5.73 Å². The van der Waals surface area contributed by atoms with Crippen molar-refractivity contribution >= 4 is 0 Å². The van der Waals surface area contributed by atoms with Gasteiger partial charge in [-0.25, -0.2) is 0 Å². The summed E-state index contributed by atoms with van der Waals surface area (Å²) in [5.74, 6) is 1.99. The highest BCUT2D eigenvalue weighted by Gasteiger charge is 2.24. The van der Waals surface area contributed by atoms with Crippen LogP contribution in [0.25, 0.3) is 0 Å². The third-order valence-electron chi connectivity index (χ3n) is 5.01. The number of nitrogens with zero attached hydrogens (tertiary/aromatic N) is 1. The molecule has 2 rings (SSSR count). The Labute approximate surface area is 107 Å². The molecule has 2 fully saturated rings. The van der Waals surface area contributed by atoms with E-state index in [-0.39, 0.29) is 0 Å². The lowest BCUT2D eigenvalue weighted by atomic mass is 9.81. The van der Waals surface area contributed by atoms with Crippen LogP contribution in [0.2, 0.25) is 0 Å². The minimum Gasteiger partial charge on any atom is -0.328 e. The Morgan fingerprint density at radius 2 is 1.76 bits per heavy atom. The summed E-state index contributed by atoms with van der Waals surface area (Å²) >= 11 is 0. The molecular weight excluding hydrogens is 208 g/mol. The van der Waals surface area contributed by atoms with Crippen LogP contribution in [-0.4, -0.2) is 30.1 Å². The zero-order valence-corrected chi connectivity index (χ0v) is 11.7. The highest BCUT2D eigenvalue weighted by Crippen LogP contribution is 2.31. The lowest BCUT2D eigenvalue weighted by Crippen LogP contribution is -2.46. The van der Waals surface area contributed by atoms with Crippen molar-refractivity contribution in [3.8, 4) is 0 Å². The minimum atomic E-state index is 0.455. The molecule has 0 aromatic heterocycles. The van der Waals surface area contributed by atoms with E-state index in [1.165, 1.54) is 58.0 Å². The zero-order valence-electron chi connectivity index (χ0n) is 11.7. The van der Waals surface area contributed by atoms with E-state index < -0.39 is 0 Å². The fourth-order valence-corrected chi connectivity index (χ4v) is 3.56. The Hall–Kier alpha value is -0.0800. The quantitative estimate of drug-likeness (QED) is 0.819. The van der Waals surface area contributed by atoms with Crippen molar-refractivity contribution in [1.29, 1.82) is 0 Å². The van der Waals surface area contributed by atoms with Gasteiger partial charge in [0.15, 0.2) is 0 Å². The number of rotatable bonds is 3. The molecule has 2 unspecified atom stereocenters. The molecule has 0 aromatic rings. The third kappa shape index (κ3) is 3.96. The monoisotopic (exact) mass is 238 g/mol. The highest BCUT2D eigenvalue weighted by atomic mass is 15.2. The first kappa shape index (κ1) is 13.4. The summed E-state index contributed by atoms with van der Waals surface area (Å²) < 4.78 is 0. The summed E-state index contributed by atoms with van der Waals surface area (Å²) in [5, 5.41) is 0. The van der Waals surface area contributed by atoms with Gasteiger partial charge in [-0.15, -0.1) is 0 Å². The molecule has 0 amide bonds. The summed E-state index contributed by atoms with van der Waals surface area (Å²) in [6, 6.07) is 1.16. The molecule has 0 aromatic carbocycles. The van der Waals surface area contributed by atoms with E-state index in [1.807, 2.05) is 0 Å². The second-order valence-corrected chi connectivity index (χ2v) is 6.58. The molecule has 2 heteroatoms. The van der Waals surface area contributed by atoms with Crippen LogP contribution in [-0.2, 0) is 0 Å². The van der Waals surface area contributed by atoms with Crippen molar-refractivity contribution in [1.82, 2.24) is 4.90 Å². The van der Waals surface area contributed by atoms with E-state index in [9.17, 15) is 0 Å². The van der Waals surface area contributed by atoms with Crippen LogP contribution in [0.1, 0.15) is 58.8 Å². The zero-order chi connectivity index (χ0) is 12.3. The first-order valence-electron chi connectivity index (χ1n) is 7.64. The van der Waals surface area contributed by atoms with Crippen LogP contribution in [0.3, 0.4) is 0 Å². The number of likely N-dealkylation sites (tertiary alicyclic amines) is 1. The maximum atomic E-state index is 6.01. The van der Waals surface area contributed by atoms with E-state index in [4.69, 9.17) is 5.73 Å². The third-order valence-corrected chi connectivity index (χ3v) is 5.01. The SMILES string of the molecule is CC1CCC(CCN2CCC(N)CC2C)CC1. The Kier molecular flexibility index (Phi) is 4.87. The summed E-state index contributed by atoms with van der Waals surface area (Å²) in [5.41, 5.74) is 6.01. The van der Waals surface area contributed by atoms with E-state index in [1.54, 1.807) is 0 Å². The molecule has 0 spiro atoms. The van der Waals surface area contributed by atoms with Crippen LogP contribution >= 0.6 is 0 Å². The van der Waals surface area contributed by atoms with Gasteiger partial charge >= 0.3 is 0 Å². The van der Waals surface area contributed by atoms with Gasteiger partial charge in [-0.1, -0.05) is 32.6 Å². The number of hydrogen-bond acceptors (Lipinski definition) is 2. The van der Waals surface area contributed by atoms with Crippen LogP contribution in [0.5, 0.6) is 0 Å². The second-order valence-electron chi connectivity index (χ2n) is 6.58. The van der Waals surface area contributed by atoms with E-state index in [2.05, 4.69) is 18.7 Å². The molecule has 100 valence electrons. The van der Waals surface area contributed by atoms with Crippen LogP contribution in [0.15, 0.2) is 0 Å². The Bertz CT molecular complexity index is 221. The molecule has 1 saturated carbocycles. The maximum Gasteiger partial charge on any atom is 0.00816 e. The van der Waals surface area contributed by atoms with Gasteiger partial charge in [0.25, 0.3) is 0 Å². The van der Waals surface area contributed by atoms with Gasteiger partial charge in [0.05, 0.1) is 0 Å². The molecule has 1 saturated heterocycles. The van der Waals surface area contributed by atoms with Crippen molar-refractivity contribution < 1.29 is 0 Å². The maximum absolute atomic E-state index is 6.01. The Morgan fingerprint density at radius 1 is 1.06 bits per heavy atom. The topological polar surface area (TPSA) is 29.3 Å². The smallest absolute Gasteiger partial charge is 0.00816 e. The van der Waals surface area contributed by atoms with E-state index >= 15 is 0 Å². The van der Waals surface area contributed by atoms with Gasteiger partial charge in [0, 0.05) is 12.1 Å². The Morgan fingerprint density at radius 3 is 2.41 bits per heavy atom. The first-order valence-corrected chi connectivity index (χ1v) is 7.64. The van der Waals surface area contributed by atoms with Crippen molar-refractivity contribution in [2.45, 2.75) is 70.9 Å². The van der Waals surface area contributed by atoms with Gasteiger partial charge in [-0.05, 0) is 51.1 Å². The second kappa shape index (κ2) is 6.19. The van der Waals surface area contributed by atoms with Gasteiger partial charge in [-0.3, -0.25) is 0 Å². The average molecular weight is 238 g/mol. The van der Waals surface area contributed by atoms with Gasteiger partial charge in [0.1, 0.15) is 0 Å². The summed E-state index contributed by atoms with van der Waals surface area (Å²) in [6.45, 7) is 7.30. The average Bonchev–Trinajstić information content (AvgIpc) is 2.30. The van der Waals surface area contributed by atoms with Crippen LogP contribution in [0.4, 0.5) is 0 Å². The van der Waals surface area contributed by atoms with Crippen molar-refractivity contribution in [3.05, 3.63) is 0 Å². The lowest BCUT2D eigenvalue weighted by molar-refractivity contribution is 0.131. The largest absolute Gasteiger partial charge is 0.328 e. The normalized spacial score (nSPS) is 40.4. The molecule has 2 aliphatic rings. The van der Waals surface area contributed by atoms with Crippen molar-refractivity contribution in [2.24, 2.45) is 17.6 Å². The molecule has 1 heterocycles. The van der Waals surface area contributed by atoms with Gasteiger partial charge in [0.2, 0.25) is 0 Å². The standard InChI is InChI=1S/C15H30N2/c1-12-3-5-14(6-4-12)7-9-17-10-8-15(16)11-13(17)2/h12-15H,3-11,16H2,1-2H3. The molecule has 2 atom stereocenters. The van der Waals surface area contributed by atoms with Gasteiger partial charge < -0.3 is 10.6 Å². The molecule has 0 radical (unpaired) electrons. The number of piperidine rings is 1. The lowest BCUT2D eigenvalue weighted by Gasteiger charge is -2.37. The molecule has 2 nitrogen and oxygen atoms in total. The van der Waals surface area contributed by atoms with E-state index in [0.29, 0.717) is 12.1 Å². The van der Waals surface area contributed by atoms with Crippen molar-refractivity contribution in [2.75, 3.05) is 13.1 Å². The minimum absolute atomic E-state index is 0.455. The molecular formula is C15H30N2. The van der Waals surface area contributed by atoms with Crippen molar-refractivity contribution in [3.63, 3.8) is 0 Å². The number of nitrogens with two attached hydrogens (primary N) is 1. The summed E-state index contributed by atoms with van der Waals surface area (Å²) in [6.07, 6.45) is 9.70. The number of hydrogen-bond donors (Lipinski definition) is 1. The molecule has 1 aliphatic carbocycles.